The third-order valence-corrected chi connectivity index (χ3v) is 7.66. The summed E-state index contributed by atoms with van der Waals surface area (Å²) < 4.78 is 7.29. The van der Waals surface area contributed by atoms with Gasteiger partial charge in [-0.3, -0.25) is 9.59 Å². The number of aromatic nitrogens is 4. The van der Waals surface area contributed by atoms with E-state index >= 15 is 0 Å². The number of pyridine rings is 1. The van der Waals surface area contributed by atoms with Gasteiger partial charge in [0.1, 0.15) is 29.3 Å². The minimum atomic E-state index is -0.614. The molecule has 3 aromatic rings. The number of carbonyl (C=O) groups excluding carboxylic acids is 3. The third-order valence-electron chi connectivity index (χ3n) is 7.66. The van der Waals surface area contributed by atoms with E-state index in [0.717, 1.165) is 42.4 Å². The van der Waals surface area contributed by atoms with Crippen molar-refractivity contribution < 1.29 is 19.1 Å². The molecule has 4 heterocycles. The Morgan fingerprint density at radius 2 is 1.74 bits per heavy atom. The topological polar surface area (TPSA) is 138 Å². The van der Waals surface area contributed by atoms with E-state index in [0.29, 0.717) is 43.6 Å². The summed E-state index contributed by atoms with van der Waals surface area (Å²) in [7, 11) is 3.53. The van der Waals surface area contributed by atoms with Crippen molar-refractivity contribution in [3.63, 3.8) is 0 Å². The van der Waals surface area contributed by atoms with Crippen molar-refractivity contribution in [1.82, 2.24) is 34.6 Å². The van der Waals surface area contributed by atoms with E-state index in [1.165, 1.54) is 0 Å². The molecule has 2 N–H and O–H groups in total. The fourth-order valence-electron chi connectivity index (χ4n) is 5.54. The zero-order chi connectivity index (χ0) is 30.7. The van der Waals surface area contributed by atoms with Gasteiger partial charge in [0, 0.05) is 57.9 Å². The smallest absolute Gasteiger partial charge is 0.408 e. The van der Waals surface area contributed by atoms with Gasteiger partial charge in [0.05, 0.1) is 11.9 Å². The van der Waals surface area contributed by atoms with Crippen LogP contribution in [0.2, 0.25) is 0 Å². The first-order chi connectivity index (χ1) is 20.5. The van der Waals surface area contributed by atoms with Crippen molar-refractivity contribution in [2.75, 3.05) is 57.0 Å². The maximum Gasteiger partial charge on any atom is 0.408 e. The highest BCUT2D eigenvalue weighted by Crippen LogP contribution is 2.35. The fraction of sp³-hybridized carbons (Fsp3) is 0.533. The van der Waals surface area contributed by atoms with E-state index in [1.54, 1.807) is 57.1 Å². The molecule has 1 aliphatic heterocycles. The highest BCUT2D eigenvalue weighted by molar-refractivity contribution is 5.98. The molecule has 0 atom stereocenters. The number of rotatable bonds is 7. The van der Waals surface area contributed by atoms with E-state index in [2.05, 4.69) is 30.1 Å². The molecule has 13 heteroatoms. The second-order valence-corrected chi connectivity index (χ2v) is 12.3. The molecule has 43 heavy (non-hydrogen) atoms. The first-order valence-electron chi connectivity index (χ1n) is 14.8. The molecule has 2 fully saturated rings. The van der Waals surface area contributed by atoms with Crippen LogP contribution in [0.25, 0.3) is 11.0 Å². The Morgan fingerprint density at radius 3 is 2.37 bits per heavy atom. The van der Waals surface area contributed by atoms with E-state index < -0.39 is 11.7 Å². The van der Waals surface area contributed by atoms with Gasteiger partial charge in [-0.2, -0.15) is 4.98 Å². The summed E-state index contributed by atoms with van der Waals surface area (Å²) >= 11 is 0. The number of ether oxygens (including phenoxy) is 1. The number of alkyl carbamates (subject to hydrolysis) is 1. The number of amides is 3. The standard InChI is InChI=1S/C30H41N9O4/c1-30(2,3)43-29(42)33-19-25(40)38-14-12-37(13-15-38)22-10-11-24(31-18-22)34-28-32-17-20-16-23(27(41)36(4)5)39(26(20)35-28)21-8-6-7-9-21/h10-11,16-18,21H,6-9,12-15,19H2,1-5H3,(H,33,42)(H,31,32,34,35). The molecule has 3 amide bonds. The predicted octanol–water partition coefficient (Wildman–Crippen LogP) is 3.56. The number of piperazine rings is 1. The van der Waals surface area contributed by atoms with Crippen molar-refractivity contribution in [1.29, 1.82) is 0 Å². The van der Waals surface area contributed by atoms with Gasteiger partial charge >= 0.3 is 6.09 Å². The lowest BCUT2D eigenvalue weighted by molar-refractivity contribution is -0.130. The Bertz CT molecular complexity index is 1470. The number of hydrogen-bond donors (Lipinski definition) is 2. The zero-order valence-electron chi connectivity index (χ0n) is 25.6. The zero-order valence-corrected chi connectivity index (χ0v) is 25.6. The maximum atomic E-state index is 13.0. The van der Waals surface area contributed by atoms with Gasteiger partial charge in [-0.15, -0.1) is 0 Å². The van der Waals surface area contributed by atoms with Gasteiger partial charge < -0.3 is 34.6 Å². The van der Waals surface area contributed by atoms with Crippen molar-refractivity contribution in [2.45, 2.75) is 58.1 Å². The van der Waals surface area contributed by atoms with E-state index in [9.17, 15) is 14.4 Å². The first-order valence-corrected chi connectivity index (χ1v) is 14.8. The first kappa shape index (κ1) is 30.1. The summed E-state index contributed by atoms with van der Waals surface area (Å²) in [6, 6.07) is 5.98. The van der Waals surface area contributed by atoms with E-state index in [-0.39, 0.29) is 24.4 Å². The van der Waals surface area contributed by atoms with Gasteiger partial charge in [-0.25, -0.2) is 14.8 Å². The van der Waals surface area contributed by atoms with Gasteiger partial charge in [0.15, 0.2) is 0 Å². The normalized spacial score (nSPS) is 15.9. The number of fused-ring (bicyclic) bond motifs is 1. The lowest BCUT2D eigenvalue weighted by Gasteiger charge is -2.36. The van der Waals surface area contributed by atoms with Crippen LogP contribution in [0.3, 0.4) is 0 Å². The van der Waals surface area contributed by atoms with Gasteiger partial charge in [-0.05, 0) is 51.8 Å². The summed E-state index contributed by atoms with van der Waals surface area (Å²) in [5.41, 5.74) is 1.72. The molecule has 0 spiro atoms. The van der Waals surface area contributed by atoms with Crippen LogP contribution < -0.4 is 15.5 Å². The molecule has 5 rings (SSSR count). The van der Waals surface area contributed by atoms with Crippen LogP contribution in [0.5, 0.6) is 0 Å². The largest absolute Gasteiger partial charge is 0.444 e. The molecule has 0 aromatic carbocycles. The van der Waals surface area contributed by atoms with Crippen molar-refractivity contribution in [3.05, 3.63) is 36.3 Å². The van der Waals surface area contributed by atoms with Crippen LogP contribution in [-0.4, -0.2) is 99.6 Å². The van der Waals surface area contributed by atoms with Crippen LogP contribution >= 0.6 is 0 Å². The molecule has 3 aromatic heterocycles. The Kier molecular flexibility index (Phi) is 8.69. The van der Waals surface area contributed by atoms with Crippen LogP contribution in [0.1, 0.15) is 63.0 Å². The summed E-state index contributed by atoms with van der Waals surface area (Å²) in [5, 5.41) is 6.57. The SMILES string of the molecule is CN(C)C(=O)c1cc2cnc(Nc3ccc(N4CCN(C(=O)CNC(=O)OC(C)(C)C)CC4)cn3)nc2n1C1CCCC1. The monoisotopic (exact) mass is 591 g/mol. The van der Waals surface area contributed by atoms with Crippen LogP contribution in [0.15, 0.2) is 30.6 Å². The van der Waals surface area contributed by atoms with Gasteiger partial charge in [0.25, 0.3) is 5.91 Å². The second kappa shape index (κ2) is 12.4. The van der Waals surface area contributed by atoms with Crippen molar-refractivity contribution in [2.24, 2.45) is 0 Å². The summed E-state index contributed by atoms with van der Waals surface area (Å²) in [4.78, 5) is 56.7. The summed E-state index contributed by atoms with van der Waals surface area (Å²) in [5.74, 6) is 0.839. The van der Waals surface area contributed by atoms with E-state index in [1.807, 2.05) is 18.2 Å². The lowest BCUT2D eigenvalue weighted by atomic mass is 10.2. The Hall–Kier alpha value is -4.42. The molecule has 230 valence electrons. The fourth-order valence-corrected chi connectivity index (χ4v) is 5.54. The number of anilines is 3. The number of nitrogens with one attached hydrogen (secondary N) is 2. The highest BCUT2D eigenvalue weighted by atomic mass is 16.6. The highest BCUT2D eigenvalue weighted by Gasteiger charge is 2.27. The van der Waals surface area contributed by atoms with Gasteiger partial charge in [-0.1, -0.05) is 12.8 Å². The molecule has 0 bridgehead atoms. The molecular weight excluding hydrogens is 550 g/mol. The van der Waals surface area contributed by atoms with Crippen molar-refractivity contribution >= 4 is 46.4 Å². The summed E-state index contributed by atoms with van der Waals surface area (Å²) in [6.45, 7) is 7.63. The second-order valence-electron chi connectivity index (χ2n) is 12.3. The van der Waals surface area contributed by atoms with Crippen LogP contribution in [-0.2, 0) is 9.53 Å². The van der Waals surface area contributed by atoms with Crippen molar-refractivity contribution in [3.8, 4) is 0 Å². The quantitative estimate of drug-likeness (QED) is 0.422. The minimum Gasteiger partial charge on any atom is -0.444 e. The van der Waals surface area contributed by atoms with E-state index in [4.69, 9.17) is 9.72 Å². The Morgan fingerprint density at radius 1 is 1.02 bits per heavy atom. The molecule has 1 saturated carbocycles. The molecule has 1 aliphatic carbocycles. The number of nitrogens with zero attached hydrogens (tertiary/aromatic N) is 7. The third kappa shape index (κ3) is 7.15. The molecule has 0 radical (unpaired) electrons. The van der Waals surface area contributed by atoms with Gasteiger partial charge in [0.2, 0.25) is 11.9 Å². The van der Waals surface area contributed by atoms with Crippen LogP contribution in [0, 0.1) is 0 Å². The predicted molar refractivity (Wildman–Crippen MR) is 164 cm³/mol. The average Bonchev–Trinajstić information content (AvgIpc) is 3.63. The number of hydrogen-bond acceptors (Lipinski definition) is 9. The lowest BCUT2D eigenvalue weighted by Crippen LogP contribution is -2.51. The maximum absolute atomic E-state index is 13.0. The minimum absolute atomic E-state index is 0.0423. The average molecular weight is 592 g/mol. The molecule has 13 nitrogen and oxygen atoms in total. The molecule has 1 saturated heterocycles. The Labute approximate surface area is 251 Å². The molecule has 0 unspecified atom stereocenters. The molecule has 2 aliphatic rings. The molecular formula is C30H41N9O4. The number of carbonyl (C=O) groups is 3. The Balaban J connectivity index is 1.20. The summed E-state index contributed by atoms with van der Waals surface area (Å²) in [6.07, 6.45) is 7.28. The van der Waals surface area contributed by atoms with Crippen LogP contribution in [0.4, 0.5) is 22.2 Å².